The number of carboxylic acid groups (broad SMARTS) is 1. The average molecular weight is 271 g/mol. The first kappa shape index (κ1) is 16.0. The molecule has 3 atom stereocenters. The standard InChI is InChI=1S/C14H25NO4/c1-4-9-5-10(11(6-9)13(18)19)12(17)15-7-14(2,3)8-16/h9-11,16H,4-8H2,1-3H3,(H,15,17)(H,18,19). The van der Waals surface area contributed by atoms with Crippen LogP contribution in [0.2, 0.25) is 0 Å². The highest BCUT2D eigenvalue weighted by Gasteiger charge is 2.42. The minimum Gasteiger partial charge on any atom is -0.481 e. The molecule has 0 aromatic heterocycles. The van der Waals surface area contributed by atoms with Gasteiger partial charge in [0.15, 0.2) is 0 Å². The van der Waals surface area contributed by atoms with Crippen LogP contribution in [0, 0.1) is 23.2 Å². The highest BCUT2D eigenvalue weighted by atomic mass is 16.4. The predicted molar refractivity (Wildman–Crippen MR) is 71.5 cm³/mol. The Morgan fingerprint density at radius 1 is 1.26 bits per heavy atom. The second-order valence-corrected chi connectivity index (χ2v) is 6.34. The molecule has 110 valence electrons. The molecule has 5 nitrogen and oxygen atoms in total. The SMILES string of the molecule is CCC1CC(C(=O)O)C(C(=O)NCC(C)(C)CO)C1. The van der Waals surface area contributed by atoms with Crippen LogP contribution < -0.4 is 5.32 Å². The molecule has 0 radical (unpaired) electrons. The van der Waals surface area contributed by atoms with E-state index in [1.807, 2.05) is 20.8 Å². The fourth-order valence-corrected chi connectivity index (χ4v) is 2.55. The van der Waals surface area contributed by atoms with Crippen LogP contribution in [0.4, 0.5) is 0 Å². The van der Waals surface area contributed by atoms with Crippen molar-refractivity contribution in [3.05, 3.63) is 0 Å². The number of hydrogen-bond donors (Lipinski definition) is 3. The first-order chi connectivity index (χ1) is 8.80. The zero-order valence-corrected chi connectivity index (χ0v) is 12.0. The van der Waals surface area contributed by atoms with Crippen LogP contribution in [0.1, 0.15) is 40.0 Å². The van der Waals surface area contributed by atoms with Crippen LogP contribution in [-0.4, -0.2) is 35.2 Å². The number of carbonyl (C=O) groups is 2. The number of aliphatic hydroxyl groups excluding tert-OH is 1. The minimum atomic E-state index is -0.877. The fraction of sp³-hybridized carbons (Fsp3) is 0.857. The van der Waals surface area contributed by atoms with Gasteiger partial charge in [0.1, 0.15) is 0 Å². The second kappa shape index (κ2) is 6.37. The van der Waals surface area contributed by atoms with Crippen molar-refractivity contribution in [1.29, 1.82) is 0 Å². The van der Waals surface area contributed by atoms with Crippen LogP contribution in [0.3, 0.4) is 0 Å². The van der Waals surface area contributed by atoms with Gasteiger partial charge in [-0.3, -0.25) is 9.59 Å². The van der Waals surface area contributed by atoms with E-state index in [1.54, 1.807) is 0 Å². The number of aliphatic carboxylic acids is 1. The minimum absolute atomic E-state index is 0.0160. The molecule has 1 rings (SSSR count). The Hall–Kier alpha value is -1.10. The summed E-state index contributed by atoms with van der Waals surface area (Å²) in [4.78, 5) is 23.3. The van der Waals surface area contributed by atoms with E-state index in [0.717, 1.165) is 6.42 Å². The fourth-order valence-electron chi connectivity index (χ4n) is 2.55. The van der Waals surface area contributed by atoms with Crippen LogP contribution >= 0.6 is 0 Å². The quantitative estimate of drug-likeness (QED) is 0.678. The summed E-state index contributed by atoms with van der Waals surface area (Å²) >= 11 is 0. The van der Waals surface area contributed by atoms with Gasteiger partial charge >= 0.3 is 5.97 Å². The van der Waals surface area contributed by atoms with Gasteiger partial charge in [0.05, 0.1) is 11.8 Å². The van der Waals surface area contributed by atoms with Crippen molar-refractivity contribution in [3.8, 4) is 0 Å². The second-order valence-electron chi connectivity index (χ2n) is 6.34. The first-order valence-electron chi connectivity index (χ1n) is 6.92. The van der Waals surface area contributed by atoms with E-state index in [4.69, 9.17) is 5.11 Å². The maximum Gasteiger partial charge on any atom is 0.307 e. The molecule has 0 bridgehead atoms. The van der Waals surface area contributed by atoms with Crippen LogP contribution in [0.15, 0.2) is 0 Å². The van der Waals surface area contributed by atoms with E-state index in [0.29, 0.717) is 25.3 Å². The summed E-state index contributed by atoms with van der Waals surface area (Å²) in [6.45, 7) is 6.08. The van der Waals surface area contributed by atoms with Gasteiger partial charge in [-0.2, -0.15) is 0 Å². The Kier molecular flexibility index (Phi) is 5.35. The van der Waals surface area contributed by atoms with E-state index in [1.165, 1.54) is 0 Å². The van der Waals surface area contributed by atoms with Crippen molar-refractivity contribution in [2.24, 2.45) is 23.2 Å². The topological polar surface area (TPSA) is 86.6 Å². The number of nitrogens with one attached hydrogen (secondary N) is 1. The molecule has 0 aromatic rings. The monoisotopic (exact) mass is 271 g/mol. The van der Waals surface area contributed by atoms with Crippen LogP contribution in [0.25, 0.3) is 0 Å². The Bertz CT molecular complexity index is 340. The molecule has 3 N–H and O–H groups in total. The number of amides is 1. The summed E-state index contributed by atoms with van der Waals surface area (Å²) < 4.78 is 0. The maximum absolute atomic E-state index is 12.1. The Labute approximate surface area is 114 Å². The van der Waals surface area contributed by atoms with Gasteiger partial charge in [0, 0.05) is 18.6 Å². The molecule has 19 heavy (non-hydrogen) atoms. The van der Waals surface area contributed by atoms with Gasteiger partial charge in [-0.05, 0) is 18.8 Å². The molecule has 0 heterocycles. The largest absolute Gasteiger partial charge is 0.481 e. The van der Waals surface area contributed by atoms with Crippen LogP contribution in [0.5, 0.6) is 0 Å². The molecule has 0 aromatic carbocycles. The van der Waals surface area contributed by atoms with E-state index in [-0.39, 0.29) is 17.9 Å². The van der Waals surface area contributed by atoms with Gasteiger partial charge in [-0.15, -0.1) is 0 Å². The van der Waals surface area contributed by atoms with Crippen molar-refractivity contribution < 1.29 is 19.8 Å². The lowest BCUT2D eigenvalue weighted by Crippen LogP contribution is -2.41. The lowest BCUT2D eigenvalue weighted by molar-refractivity contribution is -0.146. The maximum atomic E-state index is 12.1. The molecule has 5 heteroatoms. The van der Waals surface area contributed by atoms with Crippen molar-refractivity contribution >= 4 is 11.9 Å². The zero-order chi connectivity index (χ0) is 14.6. The molecule has 1 fully saturated rings. The molecular weight excluding hydrogens is 246 g/mol. The third kappa shape index (κ3) is 4.20. The number of carbonyl (C=O) groups excluding carboxylic acids is 1. The summed E-state index contributed by atoms with van der Waals surface area (Å²) in [6, 6.07) is 0. The highest BCUT2D eigenvalue weighted by Crippen LogP contribution is 2.38. The van der Waals surface area contributed by atoms with Crippen molar-refractivity contribution in [2.45, 2.75) is 40.0 Å². The predicted octanol–water partition coefficient (Wildman–Crippen LogP) is 1.26. The van der Waals surface area contributed by atoms with Crippen molar-refractivity contribution in [3.63, 3.8) is 0 Å². The van der Waals surface area contributed by atoms with E-state index >= 15 is 0 Å². The van der Waals surface area contributed by atoms with Gasteiger partial charge in [0.25, 0.3) is 0 Å². The summed E-state index contributed by atoms with van der Waals surface area (Å²) in [5.41, 5.74) is -0.378. The van der Waals surface area contributed by atoms with E-state index in [9.17, 15) is 14.7 Å². The Morgan fingerprint density at radius 3 is 2.32 bits per heavy atom. The molecule has 0 aliphatic heterocycles. The third-order valence-corrected chi connectivity index (χ3v) is 4.06. The molecule has 1 aliphatic carbocycles. The Morgan fingerprint density at radius 2 is 1.84 bits per heavy atom. The molecular formula is C14H25NO4. The lowest BCUT2D eigenvalue weighted by atomic mass is 9.92. The number of carboxylic acids is 1. The van der Waals surface area contributed by atoms with Gasteiger partial charge in [-0.1, -0.05) is 27.2 Å². The summed E-state index contributed by atoms with van der Waals surface area (Å²) in [5.74, 6) is -1.75. The molecule has 1 aliphatic rings. The molecule has 0 saturated heterocycles. The van der Waals surface area contributed by atoms with Gasteiger partial charge < -0.3 is 15.5 Å². The number of hydrogen-bond acceptors (Lipinski definition) is 3. The summed E-state index contributed by atoms with van der Waals surface area (Å²) in [7, 11) is 0. The molecule has 0 spiro atoms. The first-order valence-corrected chi connectivity index (χ1v) is 6.92. The van der Waals surface area contributed by atoms with Crippen molar-refractivity contribution in [1.82, 2.24) is 5.32 Å². The number of rotatable bonds is 6. The smallest absolute Gasteiger partial charge is 0.307 e. The van der Waals surface area contributed by atoms with Crippen molar-refractivity contribution in [2.75, 3.05) is 13.2 Å². The number of aliphatic hydroxyl groups is 1. The third-order valence-electron chi connectivity index (χ3n) is 4.06. The zero-order valence-electron chi connectivity index (χ0n) is 12.0. The van der Waals surface area contributed by atoms with E-state index < -0.39 is 17.8 Å². The van der Waals surface area contributed by atoms with Crippen LogP contribution in [-0.2, 0) is 9.59 Å². The van der Waals surface area contributed by atoms with Gasteiger partial charge in [-0.25, -0.2) is 0 Å². The Balaban J connectivity index is 2.62. The summed E-state index contributed by atoms with van der Waals surface area (Å²) in [6.07, 6.45) is 2.15. The summed E-state index contributed by atoms with van der Waals surface area (Å²) in [5, 5.41) is 21.1. The molecule has 1 saturated carbocycles. The highest BCUT2D eigenvalue weighted by molar-refractivity contribution is 5.85. The van der Waals surface area contributed by atoms with E-state index in [2.05, 4.69) is 5.32 Å². The lowest BCUT2D eigenvalue weighted by Gasteiger charge is -2.24. The molecule has 3 unspecified atom stereocenters. The average Bonchev–Trinajstić information content (AvgIpc) is 2.80. The normalized spacial score (nSPS) is 27.3. The van der Waals surface area contributed by atoms with Gasteiger partial charge in [0.2, 0.25) is 5.91 Å². The molecule has 1 amide bonds.